The summed E-state index contributed by atoms with van der Waals surface area (Å²) in [5, 5.41) is 28.6. The highest BCUT2D eigenvalue weighted by Gasteiger charge is 2.39. The van der Waals surface area contributed by atoms with Gasteiger partial charge in [-0.15, -0.1) is 0 Å². The Hall–Kier alpha value is -1.72. The number of ketones is 1. The van der Waals surface area contributed by atoms with Crippen LogP contribution in [0.5, 0.6) is 0 Å². The topological polar surface area (TPSA) is 94.8 Å². The van der Waals surface area contributed by atoms with E-state index in [9.17, 15) is 19.8 Å². The van der Waals surface area contributed by atoms with Crippen LogP contribution >= 0.6 is 0 Å². The molecule has 5 nitrogen and oxygen atoms in total. The minimum absolute atomic E-state index is 0.0395. The zero-order valence-corrected chi connectivity index (χ0v) is 14.9. The minimum atomic E-state index is -0.806. The van der Waals surface area contributed by atoms with Crippen LogP contribution in [-0.2, 0) is 9.59 Å². The van der Waals surface area contributed by atoms with Gasteiger partial charge in [-0.25, -0.2) is 0 Å². The SMILES string of the molecule is CC/C=C/C[C@H](O)/C=C/[C@@H]1C(C/C=C\CCCC(=O)O)C(=O)C[C@H]1O. The summed E-state index contributed by atoms with van der Waals surface area (Å²) in [6.07, 6.45) is 13.3. The molecular weight excluding hydrogens is 320 g/mol. The molecular formula is C20H30O5. The number of Topliss-reactive ketones (excluding diaryl/α,β-unsaturated/α-hetero) is 1. The lowest BCUT2D eigenvalue weighted by atomic mass is 9.90. The van der Waals surface area contributed by atoms with Crippen molar-refractivity contribution in [3.05, 3.63) is 36.5 Å². The van der Waals surface area contributed by atoms with Crippen molar-refractivity contribution in [2.24, 2.45) is 11.8 Å². The third-order valence-corrected chi connectivity index (χ3v) is 4.39. The molecule has 140 valence electrons. The van der Waals surface area contributed by atoms with Crippen LogP contribution in [0.1, 0.15) is 51.9 Å². The molecule has 0 aromatic heterocycles. The van der Waals surface area contributed by atoms with Gasteiger partial charge in [0.15, 0.2) is 0 Å². The van der Waals surface area contributed by atoms with E-state index in [1.165, 1.54) is 0 Å². The first-order valence-electron chi connectivity index (χ1n) is 9.04. The van der Waals surface area contributed by atoms with Crippen LogP contribution in [-0.4, -0.2) is 39.3 Å². The van der Waals surface area contributed by atoms with Crippen molar-refractivity contribution < 1.29 is 24.9 Å². The molecule has 1 saturated carbocycles. The van der Waals surface area contributed by atoms with E-state index in [1.54, 1.807) is 12.2 Å². The summed E-state index contributed by atoms with van der Waals surface area (Å²) in [4.78, 5) is 22.5. The smallest absolute Gasteiger partial charge is 0.303 e. The van der Waals surface area contributed by atoms with Crippen LogP contribution in [0.4, 0.5) is 0 Å². The maximum absolute atomic E-state index is 12.1. The van der Waals surface area contributed by atoms with E-state index in [0.717, 1.165) is 6.42 Å². The number of carboxylic acids is 1. The van der Waals surface area contributed by atoms with Gasteiger partial charge >= 0.3 is 5.97 Å². The van der Waals surface area contributed by atoms with Gasteiger partial charge in [-0.1, -0.05) is 43.4 Å². The summed E-state index contributed by atoms with van der Waals surface area (Å²) < 4.78 is 0. The van der Waals surface area contributed by atoms with Crippen molar-refractivity contribution in [2.75, 3.05) is 0 Å². The molecule has 1 rings (SSSR count). The number of carboxylic acid groups (broad SMARTS) is 1. The molecule has 0 aromatic carbocycles. The zero-order chi connectivity index (χ0) is 18.7. The number of aliphatic carboxylic acids is 1. The maximum atomic E-state index is 12.1. The number of carbonyl (C=O) groups is 2. The first-order valence-corrected chi connectivity index (χ1v) is 9.04. The summed E-state index contributed by atoms with van der Waals surface area (Å²) in [5.74, 6) is -1.32. The van der Waals surface area contributed by atoms with E-state index < -0.39 is 18.2 Å². The van der Waals surface area contributed by atoms with E-state index >= 15 is 0 Å². The first kappa shape index (κ1) is 21.3. The Labute approximate surface area is 149 Å². The predicted octanol–water partition coefficient (Wildman–Crippen LogP) is 3.03. The molecule has 0 amide bonds. The second-order valence-electron chi connectivity index (χ2n) is 6.48. The molecule has 0 saturated heterocycles. The van der Waals surface area contributed by atoms with Crippen LogP contribution in [0.25, 0.3) is 0 Å². The molecule has 0 radical (unpaired) electrons. The fraction of sp³-hybridized carbons (Fsp3) is 0.600. The van der Waals surface area contributed by atoms with E-state index in [2.05, 4.69) is 0 Å². The van der Waals surface area contributed by atoms with Crippen LogP contribution in [0.15, 0.2) is 36.5 Å². The fourth-order valence-electron chi connectivity index (χ4n) is 3.00. The van der Waals surface area contributed by atoms with Crippen molar-refractivity contribution in [1.82, 2.24) is 0 Å². The van der Waals surface area contributed by atoms with Gasteiger partial charge in [0.25, 0.3) is 0 Å². The lowest BCUT2D eigenvalue weighted by Gasteiger charge is -2.16. The number of allylic oxidation sites excluding steroid dienone is 3. The van der Waals surface area contributed by atoms with Crippen molar-refractivity contribution in [3.63, 3.8) is 0 Å². The zero-order valence-electron chi connectivity index (χ0n) is 14.9. The van der Waals surface area contributed by atoms with Crippen LogP contribution in [0.3, 0.4) is 0 Å². The Morgan fingerprint density at radius 1 is 1.28 bits per heavy atom. The molecule has 1 unspecified atom stereocenters. The Bertz CT molecular complexity index is 506. The number of hydrogen-bond acceptors (Lipinski definition) is 4. The molecule has 0 aliphatic heterocycles. The second kappa shape index (κ2) is 11.8. The minimum Gasteiger partial charge on any atom is -0.481 e. The summed E-state index contributed by atoms with van der Waals surface area (Å²) in [6, 6.07) is 0. The van der Waals surface area contributed by atoms with E-state index in [-0.39, 0.29) is 30.5 Å². The highest BCUT2D eigenvalue weighted by molar-refractivity contribution is 5.84. The molecule has 1 aliphatic rings. The number of rotatable bonds is 11. The van der Waals surface area contributed by atoms with Gasteiger partial charge in [0.05, 0.1) is 12.2 Å². The molecule has 0 aromatic rings. The molecule has 1 fully saturated rings. The largest absolute Gasteiger partial charge is 0.481 e. The summed E-state index contributed by atoms with van der Waals surface area (Å²) in [5.41, 5.74) is 0. The standard InChI is InChI=1S/C20H30O5/c1-2-3-6-9-15(21)12-13-17-16(18(22)14-19(17)23)10-7-4-5-8-11-20(24)25/h3-4,6-7,12-13,15-17,19,21,23H,2,5,8-11,14H2,1H3,(H,24,25)/b6-3+,7-4-,13-12+/t15-,16?,17+,19+/m0/s1. The third-order valence-electron chi connectivity index (χ3n) is 4.39. The second-order valence-corrected chi connectivity index (χ2v) is 6.48. The number of unbranched alkanes of at least 4 members (excludes halogenated alkanes) is 1. The fourth-order valence-corrected chi connectivity index (χ4v) is 3.00. The van der Waals surface area contributed by atoms with Gasteiger partial charge in [0, 0.05) is 24.7 Å². The average molecular weight is 350 g/mol. The van der Waals surface area contributed by atoms with Gasteiger partial charge < -0.3 is 15.3 Å². The van der Waals surface area contributed by atoms with Crippen LogP contribution in [0, 0.1) is 11.8 Å². The molecule has 25 heavy (non-hydrogen) atoms. The number of hydrogen-bond donors (Lipinski definition) is 3. The summed E-state index contributed by atoms with van der Waals surface area (Å²) in [6.45, 7) is 2.03. The third kappa shape index (κ3) is 8.27. The quantitative estimate of drug-likeness (QED) is 0.393. The number of aliphatic hydroxyl groups is 2. The van der Waals surface area contributed by atoms with Gasteiger partial charge in [-0.2, -0.15) is 0 Å². The molecule has 5 heteroatoms. The Morgan fingerprint density at radius 2 is 2.04 bits per heavy atom. The number of carbonyl (C=O) groups excluding carboxylic acids is 1. The van der Waals surface area contributed by atoms with E-state index in [1.807, 2.05) is 31.2 Å². The lowest BCUT2D eigenvalue weighted by Crippen LogP contribution is -2.18. The molecule has 0 heterocycles. The Morgan fingerprint density at radius 3 is 2.72 bits per heavy atom. The van der Waals surface area contributed by atoms with E-state index in [0.29, 0.717) is 25.7 Å². The normalized spacial score (nSPS) is 25.6. The van der Waals surface area contributed by atoms with Crippen molar-refractivity contribution in [3.8, 4) is 0 Å². The number of aliphatic hydroxyl groups excluding tert-OH is 2. The average Bonchev–Trinajstić information content (AvgIpc) is 2.82. The summed E-state index contributed by atoms with van der Waals surface area (Å²) in [7, 11) is 0. The molecule has 4 atom stereocenters. The monoisotopic (exact) mass is 350 g/mol. The Balaban J connectivity index is 2.52. The molecule has 0 spiro atoms. The molecule has 0 bridgehead atoms. The Kier molecular flexibility index (Phi) is 10.0. The van der Waals surface area contributed by atoms with Crippen molar-refractivity contribution in [1.29, 1.82) is 0 Å². The first-order chi connectivity index (χ1) is 12.0. The van der Waals surface area contributed by atoms with Crippen molar-refractivity contribution in [2.45, 2.75) is 64.1 Å². The van der Waals surface area contributed by atoms with Gasteiger partial charge in [-0.3, -0.25) is 9.59 Å². The van der Waals surface area contributed by atoms with Gasteiger partial charge in [0.1, 0.15) is 5.78 Å². The highest BCUT2D eigenvalue weighted by atomic mass is 16.4. The molecule has 1 aliphatic carbocycles. The van der Waals surface area contributed by atoms with Gasteiger partial charge in [0.2, 0.25) is 0 Å². The van der Waals surface area contributed by atoms with Crippen molar-refractivity contribution >= 4 is 11.8 Å². The van der Waals surface area contributed by atoms with Crippen LogP contribution < -0.4 is 0 Å². The van der Waals surface area contributed by atoms with E-state index in [4.69, 9.17) is 5.11 Å². The highest BCUT2D eigenvalue weighted by Crippen LogP contribution is 2.33. The van der Waals surface area contributed by atoms with Gasteiger partial charge in [-0.05, 0) is 32.1 Å². The summed E-state index contributed by atoms with van der Waals surface area (Å²) >= 11 is 0. The lowest BCUT2D eigenvalue weighted by molar-refractivity contribution is -0.137. The maximum Gasteiger partial charge on any atom is 0.303 e. The van der Waals surface area contributed by atoms with Crippen LogP contribution in [0.2, 0.25) is 0 Å². The predicted molar refractivity (Wildman–Crippen MR) is 97.0 cm³/mol. The molecule has 3 N–H and O–H groups in total.